The zero-order valence-corrected chi connectivity index (χ0v) is 17.3. The monoisotopic (exact) mass is 453 g/mol. The van der Waals surface area contributed by atoms with Crippen molar-refractivity contribution >= 4 is 41.2 Å². The van der Waals surface area contributed by atoms with Gasteiger partial charge in [-0.3, -0.25) is 34.1 Å². The topological polar surface area (TPSA) is 174 Å². The van der Waals surface area contributed by atoms with Gasteiger partial charge in [0.05, 0.1) is 17.4 Å². The number of rotatable bonds is 8. The number of ether oxygens (including phenoxy) is 1. The first-order valence-corrected chi connectivity index (χ1v) is 10.2. The van der Waals surface area contributed by atoms with Crippen LogP contribution in [-0.2, 0) is 30.5 Å². The molecule has 3 rings (SSSR count). The van der Waals surface area contributed by atoms with Crippen LogP contribution in [0.25, 0.3) is 0 Å². The zero-order chi connectivity index (χ0) is 22.9. The molecule has 2 aliphatic heterocycles. The van der Waals surface area contributed by atoms with Crippen molar-refractivity contribution in [3.63, 3.8) is 0 Å². The molecule has 31 heavy (non-hydrogen) atoms. The van der Waals surface area contributed by atoms with Gasteiger partial charge in [-0.25, -0.2) is 4.79 Å². The number of esters is 1. The fraction of sp³-hybridized carbons (Fsp3) is 0.471. The van der Waals surface area contributed by atoms with Crippen LogP contribution in [0.5, 0.6) is 0 Å². The molecule has 1 aromatic heterocycles. The van der Waals surface area contributed by atoms with Crippen LogP contribution in [0.3, 0.4) is 0 Å². The standard InChI is InChI=1S/C17H19N5O8S/c1-8(4-20-5-11(3-18-20)22(28)29)14(24)19-12-15(25)21-13(17(26)27)10(6-30-9(2)23)7-31-16(12)21/h3,5,8,12,16H,4,6-7H2,1-2H3,(H,19,24)(H,26,27)/t8-,12-,16-/m1/s1. The Balaban J connectivity index is 1.64. The van der Waals surface area contributed by atoms with Crippen LogP contribution < -0.4 is 5.32 Å². The maximum absolute atomic E-state index is 12.6. The fourth-order valence-corrected chi connectivity index (χ4v) is 4.52. The number of amides is 2. The number of carboxylic acid groups (broad SMARTS) is 1. The number of nitrogens with zero attached hydrogens (tertiary/aromatic N) is 4. The van der Waals surface area contributed by atoms with Crippen LogP contribution in [0.4, 0.5) is 5.69 Å². The van der Waals surface area contributed by atoms with Crippen LogP contribution in [0, 0.1) is 16.0 Å². The van der Waals surface area contributed by atoms with E-state index in [1.54, 1.807) is 6.92 Å². The number of β-lactam (4-membered cyclic amide) rings is 1. The summed E-state index contributed by atoms with van der Waals surface area (Å²) in [5.74, 6) is -3.36. The van der Waals surface area contributed by atoms with Crippen molar-refractivity contribution in [2.75, 3.05) is 12.4 Å². The number of hydrogen-bond acceptors (Lipinski definition) is 9. The molecule has 13 nitrogen and oxygen atoms in total. The highest BCUT2D eigenvalue weighted by atomic mass is 32.2. The largest absolute Gasteiger partial charge is 0.477 e. The lowest BCUT2D eigenvalue weighted by atomic mass is 10.0. The molecular formula is C17H19N5O8S. The van der Waals surface area contributed by atoms with Gasteiger partial charge in [0.1, 0.15) is 36.1 Å². The van der Waals surface area contributed by atoms with Gasteiger partial charge in [-0.2, -0.15) is 5.10 Å². The van der Waals surface area contributed by atoms with Gasteiger partial charge < -0.3 is 15.2 Å². The molecule has 0 aliphatic carbocycles. The minimum atomic E-state index is -1.32. The number of nitro groups is 1. The van der Waals surface area contributed by atoms with E-state index in [1.807, 2.05) is 0 Å². The second-order valence-electron chi connectivity index (χ2n) is 7.01. The highest BCUT2D eigenvalue weighted by molar-refractivity contribution is 8.00. The van der Waals surface area contributed by atoms with E-state index >= 15 is 0 Å². The molecule has 1 saturated heterocycles. The molecule has 0 aromatic carbocycles. The van der Waals surface area contributed by atoms with Gasteiger partial charge in [0, 0.05) is 18.2 Å². The van der Waals surface area contributed by atoms with Gasteiger partial charge in [-0.1, -0.05) is 6.92 Å². The van der Waals surface area contributed by atoms with E-state index in [0.29, 0.717) is 5.57 Å². The van der Waals surface area contributed by atoms with Crippen molar-refractivity contribution in [1.29, 1.82) is 0 Å². The number of carbonyl (C=O) groups excluding carboxylic acids is 3. The molecule has 0 saturated carbocycles. The smallest absolute Gasteiger partial charge is 0.352 e. The number of nitrogens with one attached hydrogen (secondary N) is 1. The number of aliphatic carboxylic acids is 1. The molecule has 1 aromatic rings. The Labute approximate surface area is 179 Å². The molecule has 0 unspecified atom stereocenters. The quantitative estimate of drug-likeness (QED) is 0.231. The van der Waals surface area contributed by atoms with Crippen LogP contribution in [0.15, 0.2) is 23.7 Å². The molecule has 2 N–H and O–H groups in total. The third-order valence-electron chi connectivity index (χ3n) is 4.74. The number of hydrogen-bond donors (Lipinski definition) is 2. The Morgan fingerprint density at radius 2 is 2.19 bits per heavy atom. The summed E-state index contributed by atoms with van der Waals surface area (Å²) in [6, 6.07) is -0.906. The molecule has 2 aliphatic rings. The van der Waals surface area contributed by atoms with E-state index in [0.717, 1.165) is 11.1 Å². The Morgan fingerprint density at radius 3 is 2.77 bits per heavy atom. The van der Waals surface area contributed by atoms with Crippen molar-refractivity contribution < 1.29 is 33.9 Å². The van der Waals surface area contributed by atoms with Crippen molar-refractivity contribution in [2.24, 2.45) is 5.92 Å². The lowest BCUT2D eigenvalue weighted by molar-refractivity contribution is -0.385. The van der Waals surface area contributed by atoms with Gasteiger partial charge in [-0.15, -0.1) is 11.8 Å². The fourth-order valence-electron chi connectivity index (χ4n) is 3.19. The minimum absolute atomic E-state index is 0.0644. The van der Waals surface area contributed by atoms with E-state index in [1.165, 1.54) is 29.6 Å². The molecule has 0 spiro atoms. The first-order chi connectivity index (χ1) is 14.6. The number of fused-ring (bicyclic) bond motifs is 1. The summed E-state index contributed by atoms with van der Waals surface area (Å²) in [7, 11) is 0. The first kappa shape index (κ1) is 22.3. The zero-order valence-electron chi connectivity index (χ0n) is 16.5. The van der Waals surface area contributed by atoms with Crippen molar-refractivity contribution in [1.82, 2.24) is 20.0 Å². The van der Waals surface area contributed by atoms with Crippen LogP contribution >= 0.6 is 11.8 Å². The maximum atomic E-state index is 12.6. The third kappa shape index (κ3) is 4.52. The summed E-state index contributed by atoms with van der Waals surface area (Å²) in [5, 5.41) is 26.1. The van der Waals surface area contributed by atoms with Crippen molar-refractivity contribution in [3.05, 3.63) is 33.8 Å². The molecular weight excluding hydrogens is 434 g/mol. The highest BCUT2D eigenvalue weighted by Gasteiger charge is 2.54. The minimum Gasteiger partial charge on any atom is -0.477 e. The van der Waals surface area contributed by atoms with Crippen LogP contribution in [-0.4, -0.2) is 72.2 Å². The van der Waals surface area contributed by atoms with Gasteiger partial charge in [0.25, 0.3) is 5.91 Å². The Hall–Kier alpha value is -3.42. The van der Waals surface area contributed by atoms with E-state index in [9.17, 15) is 34.4 Å². The molecule has 14 heteroatoms. The lowest BCUT2D eigenvalue weighted by Crippen LogP contribution is -2.71. The predicted octanol–water partition coefficient (Wildman–Crippen LogP) is -0.271. The first-order valence-electron chi connectivity index (χ1n) is 9.10. The van der Waals surface area contributed by atoms with E-state index < -0.39 is 46.0 Å². The number of carboxylic acids is 1. The number of carbonyl (C=O) groups is 4. The lowest BCUT2D eigenvalue weighted by Gasteiger charge is -2.49. The molecule has 3 atom stereocenters. The molecule has 3 heterocycles. The second-order valence-corrected chi connectivity index (χ2v) is 8.12. The SMILES string of the molecule is CC(=O)OCC1=C(C(=O)O)N2C(=O)[C@@H](NC(=O)[C@H](C)Cn3cc([N+](=O)[O-])cn3)[C@H]2SC1. The molecule has 1 fully saturated rings. The van der Waals surface area contributed by atoms with Gasteiger partial charge in [0.2, 0.25) is 5.91 Å². The molecule has 0 bridgehead atoms. The van der Waals surface area contributed by atoms with Gasteiger partial charge >= 0.3 is 17.6 Å². The van der Waals surface area contributed by atoms with Gasteiger partial charge in [0.15, 0.2) is 0 Å². The van der Waals surface area contributed by atoms with Crippen molar-refractivity contribution in [2.45, 2.75) is 31.8 Å². The summed E-state index contributed by atoms with van der Waals surface area (Å²) in [6.07, 6.45) is 2.27. The average molecular weight is 453 g/mol. The predicted molar refractivity (Wildman–Crippen MR) is 104 cm³/mol. The Morgan fingerprint density at radius 1 is 1.48 bits per heavy atom. The number of thioether (sulfide) groups is 1. The molecule has 166 valence electrons. The molecule has 2 amide bonds. The third-order valence-corrected chi connectivity index (χ3v) is 6.08. The second kappa shape index (κ2) is 8.75. The Bertz CT molecular complexity index is 989. The van der Waals surface area contributed by atoms with Crippen LogP contribution in [0.1, 0.15) is 13.8 Å². The summed E-state index contributed by atoms with van der Waals surface area (Å²) in [4.78, 5) is 59.0. The highest BCUT2D eigenvalue weighted by Crippen LogP contribution is 2.40. The van der Waals surface area contributed by atoms with E-state index in [4.69, 9.17) is 4.74 Å². The average Bonchev–Trinajstić information content (AvgIpc) is 3.17. The van der Waals surface area contributed by atoms with E-state index in [2.05, 4.69) is 10.4 Å². The van der Waals surface area contributed by atoms with E-state index in [-0.39, 0.29) is 30.3 Å². The summed E-state index contributed by atoms with van der Waals surface area (Å²) in [6.45, 7) is 2.61. The summed E-state index contributed by atoms with van der Waals surface area (Å²) in [5.41, 5.74) is -0.137. The van der Waals surface area contributed by atoms with Crippen molar-refractivity contribution in [3.8, 4) is 0 Å². The number of aromatic nitrogens is 2. The summed E-state index contributed by atoms with van der Waals surface area (Å²) >= 11 is 1.26. The molecule has 0 radical (unpaired) electrons. The summed E-state index contributed by atoms with van der Waals surface area (Å²) < 4.78 is 6.13. The Kier molecular flexibility index (Phi) is 6.29. The maximum Gasteiger partial charge on any atom is 0.352 e. The van der Waals surface area contributed by atoms with Gasteiger partial charge in [-0.05, 0) is 0 Å². The normalized spacial score (nSPS) is 21.1. The van der Waals surface area contributed by atoms with Crippen LogP contribution in [0.2, 0.25) is 0 Å².